The first-order valence-electron chi connectivity index (χ1n) is 10.8. The van der Waals surface area contributed by atoms with Gasteiger partial charge < -0.3 is 14.6 Å². The molecule has 2 aromatic carbocycles. The number of hydrogen-bond acceptors (Lipinski definition) is 5. The van der Waals surface area contributed by atoms with Crippen molar-refractivity contribution in [2.24, 2.45) is 16.7 Å². The lowest BCUT2D eigenvalue weighted by molar-refractivity contribution is -0.149. The standard InChI is InChI=1S/C27H29NO5/c1-25(2,3)33-23(29)15-14-22-26(4,5)27(22,24(30)31)21(17-28)18-10-9-13-20(16-18)32-19-11-7-6-8-12-19/h6-16,21-22H,1-5H3,(H,30,31)/t21?,22-,27+/m0/s1. The summed E-state index contributed by atoms with van der Waals surface area (Å²) in [6.07, 6.45) is 2.84. The molecule has 172 valence electrons. The molecule has 1 aliphatic carbocycles. The highest BCUT2D eigenvalue weighted by atomic mass is 16.6. The van der Waals surface area contributed by atoms with Gasteiger partial charge in [0, 0.05) is 12.0 Å². The van der Waals surface area contributed by atoms with Crippen LogP contribution in [0.2, 0.25) is 0 Å². The Bertz CT molecular complexity index is 1110. The number of nitriles is 1. The number of carboxylic acids is 1. The molecule has 0 radical (unpaired) electrons. The average Bonchev–Trinajstić information content (AvgIpc) is 3.22. The van der Waals surface area contributed by atoms with Gasteiger partial charge in [0.25, 0.3) is 0 Å². The Hall–Kier alpha value is -3.59. The molecule has 0 amide bonds. The van der Waals surface area contributed by atoms with Crippen molar-refractivity contribution in [3.05, 3.63) is 72.3 Å². The van der Waals surface area contributed by atoms with Crippen LogP contribution in [0, 0.1) is 28.1 Å². The molecule has 0 spiro atoms. The largest absolute Gasteiger partial charge is 0.481 e. The summed E-state index contributed by atoms with van der Waals surface area (Å²) in [5.74, 6) is -1.95. The number of benzene rings is 2. The van der Waals surface area contributed by atoms with Crippen molar-refractivity contribution in [3.8, 4) is 17.6 Å². The molecular weight excluding hydrogens is 418 g/mol. The van der Waals surface area contributed by atoms with Crippen LogP contribution < -0.4 is 4.74 Å². The SMILES string of the molecule is CC(C)(C)OC(=O)C=C[C@H]1C(C)(C)[C@]1(C(=O)O)C(C#N)c1cccc(Oc2ccccc2)c1. The van der Waals surface area contributed by atoms with Gasteiger partial charge in [-0.3, -0.25) is 4.79 Å². The number of carbonyl (C=O) groups excluding carboxylic acids is 1. The molecule has 6 nitrogen and oxygen atoms in total. The number of allylic oxidation sites excluding steroid dienone is 1. The van der Waals surface area contributed by atoms with E-state index < -0.39 is 40.2 Å². The maximum atomic E-state index is 12.6. The Kier molecular flexibility index (Phi) is 6.37. The van der Waals surface area contributed by atoms with Crippen molar-refractivity contribution in [1.82, 2.24) is 0 Å². The summed E-state index contributed by atoms with van der Waals surface area (Å²) in [7, 11) is 0. The summed E-state index contributed by atoms with van der Waals surface area (Å²) in [5, 5.41) is 20.4. The highest BCUT2D eigenvalue weighted by Gasteiger charge is 2.78. The van der Waals surface area contributed by atoms with Gasteiger partial charge in [-0.2, -0.15) is 5.26 Å². The fourth-order valence-corrected chi connectivity index (χ4v) is 4.65. The molecule has 0 aromatic heterocycles. The van der Waals surface area contributed by atoms with Gasteiger partial charge in [0.1, 0.15) is 22.5 Å². The maximum Gasteiger partial charge on any atom is 0.330 e. The van der Waals surface area contributed by atoms with Crippen molar-refractivity contribution < 1.29 is 24.2 Å². The van der Waals surface area contributed by atoms with Crippen molar-refractivity contribution in [1.29, 1.82) is 5.26 Å². The molecule has 0 saturated heterocycles. The van der Waals surface area contributed by atoms with Crippen LogP contribution in [0.1, 0.15) is 46.1 Å². The second-order valence-corrected chi connectivity index (χ2v) is 9.82. The zero-order chi connectivity index (χ0) is 24.4. The van der Waals surface area contributed by atoms with Gasteiger partial charge in [0.2, 0.25) is 0 Å². The first-order chi connectivity index (χ1) is 15.4. The van der Waals surface area contributed by atoms with Crippen LogP contribution >= 0.6 is 0 Å². The Balaban J connectivity index is 1.93. The van der Waals surface area contributed by atoms with Crippen LogP contribution in [-0.2, 0) is 14.3 Å². The molecule has 0 heterocycles. The molecule has 3 atom stereocenters. The smallest absolute Gasteiger partial charge is 0.330 e. The lowest BCUT2D eigenvalue weighted by Crippen LogP contribution is -2.28. The highest BCUT2D eigenvalue weighted by molar-refractivity contribution is 5.86. The van der Waals surface area contributed by atoms with E-state index in [-0.39, 0.29) is 0 Å². The van der Waals surface area contributed by atoms with Crippen molar-refractivity contribution in [2.75, 3.05) is 0 Å². The number of para-hydroxylation sites is 1. The second-order valence-electron chi connectivity index (χ2n) is 9.82. The predicted molar refractivity (Wildman–Crippen MR) is 124 cm³/mol. The molecule has 1 N–H and O–H groups in total. The minimum absolute atomic E-state index is 0.513. The quantitative estimate of drug-likeness (QED) is 0.431. The van der Waals surface area contributed by atoms with E-state index in [0.29, 0.717) is 17.1 Å². The summed E-state index contributed by atoms with van der Waals surface area (Å²) in [5.41, 5.74) is -2.26. The van der Waals surface area contributed by atoms with Crippen molar-refractivity contribution >= 4 is 11.9 Å². The molecule has 1 unspecified atom stereocenters. The summed E-state index contributed by atoms with van der Waals surface area (Å²) in [6.45, 7) is 8.90. The number of carbonyl (C=O) groups is 2. The van der Waals surface area contributed by atoms with E-state index in [0.717, 1.165) is 0 Å². The lowest BCUT2D eigenvalue weighted by atomic mass is 9.78. The van der Waals surface area contributed by atoms with Crippen LogP contribution in [0.3, 0.4) is 0 Å². The Morgan fingerprint density at radius 3 is 2.30 bits per heavy atom. The molecule has 2 aromatic rings. The van der Waals surface area contributed by atoms with Crippen LogP contribution in [-0.4, -0.2) is 22.6 Å². The third-order valence-electron chi connectivity index (χ3n) is 6.19. The highest BCUT2D eigenvalue weighted by Crippen LogP contribution is 2.75. The molecule has 3 rings (SSSR count). The number of esters is 1. The maximum absolute atomic E-state index is 12.6. The van der Waals surface area contributed by atoms with E-state index in [1.54, 1.807) is 65.0 Å². The number of ether oxygens (including phenoxy) is 2. The van der Waals surface area contributed by atoms with Crippen LogP contribution in [0.15, 0.2) is 66.7 Å². The lowest BCUT2D eigenvalue weighted by Gasteiger charge is -2.22. The molecule has 6 heteroatoms. The fraction of sp³-hybridized carbons (Fsp3) is 0.370. The number of hydrogen-bond donors (Lipinski definition) is 1. The zero-order valence-electron chi connectivity index (χ0n) is 19.5. The Morgan fingerprint density at radius 2 is 1.73 bits per heavy atom. The van der Waals surface area contributed by atoms with Crippen LogP contribution in [0.25, 0.3) is 0 Å². The molecule has 1 fully saturated rings. The predicted octanol–water partition coefficient (Wildman–Crippen LogP) is 5.71. The van der Waals surface area contributed by atoms with Crippen LogP contribution in [0.5, 0.6) is 11.5 Å². The van der Waals surface area contributed by atoms with Gasteiger partial charge in [0.05, 0.1) is 12.0 Å². The number of rotatable bonds is 7. The third-order valence-corrected chi connectivity index (χ3v) is 6.19. The van der Waals surface area contributed by atoms with Crippen molar-refractivity contribution in [3.63, 3.8) is 0 Å². The first-order valence-corrected chi connectivity index (χ1v) is 10.8. The first kappa shape index (κ1) is 24.1. The molecular formula is C27H29NO5. The molecule has 0 aliphatic heterocycles. The summed E-state index contributed by atoms with van der Waals surface area (Å²) in [4.78, 5) is 24.8. The minimum atomic E-state index is -1.40. The van der Waals surface area contributed by atoms with Gasteiger partial charge in [-0.1, -0.05) is 50.3 Å². The van der Waals surface area contributed by atoms with E-state index in [4.69, 9.17) is 9.47 Å². The zero-order valence-corrected chi connectivity index (χ0v) is 19.5. The molecule has 1 aliphatic rings. The summed E-state index contributed by atoms with van der Waals surface area (Å²) in [6, 6.07) is 18.4. The third kappa shape index (κ3) is 4.63. The van der Waals surface area contributed by atoms with E-state index in [1.165, 1.54) is 6.08 Å². The average molecular weight is 448 g/mol. The van der Waals surface area contributed by atoms with Gasteiger partial charge in [0.15, 0.2) is 0 Å². The van der Waals surface area contributed by atoms with Gasteiger partial charge in [-0.15, -0.1) is 0 Å². The second kappa shape index (κ2) is 8.74. The molecule has 0 bridgehead atoms. The fourth-order valence-electron chi connectivity index (χ4n) is 4.65. The van der Waals surface area contributed by atoms with Gasteiger partial charge in [-0.25, -0.2) is 4.79 Å². The topological polar surface area (TPSA) is 96.6 Å². The summed E-state index contributed by atoms with van der Waals surface area (Å²) < 4.78 is 11.2. The van der Waals surface area contributed by atoms with Crippen molar-refractivity contribution in [2.45, 2.75) is 46.1 Å². The minimum Gasteiger partial charge on any atom is -0.481 e. The normalized spacial score (nSPS) is 22.2. The summed E-state index contributed by atoms with van der Waals surface area (Å²) >= 11 is 0. The number of aliphatic carboxylic acids is 1. The van der Waals surface area contributed by atoms with Crippen LogP contribution in [0.4, 0.5) is 0 Å². The van der Waals surface area contributed by atoms with E-state index >= 15 is 0 Å². The Labute approximate surface area is 194 Å². The van der Waals surface area contributed by atoms with E-state index in [1.807, 2.05) is 30.3 Å². The Morgan fingerprint density at radius 1 is 1.09 bits per heavy atom. The molecule has 1 saturated carbocycles. The van der Waals surface area contributed by atoms with E-state index in [9.17, 15) is 20.0 Å². The van der Waals surface area contributed by atoms with E-state index in [2.05, 4.69) is 6.07 Å². The molecule has 33 heavy (non-hydrogen) atoms. The number of carboxylic acid groups (broad SMARTS) is 1. The number of nitrogens with zero attached hydrogens (tertiary/aromatic N) is 1. The van der Waals surface area contributed by atoms with Gasteiger partial charge in [-0.05, 0) is 56.0 Å². The monoisotopic (exact) mass is 447 g/mol. The van der Waals surface area contributed by atoms with Gasteiger partial charge >= 0.3 is 11.9 Å².